The molecule has 3 heteroatoms. The van der Waals surface area contributed by atoms with Gasteiger partial charge in [0.05, 0.1) is 0 Å². The number of halogens is 1. The fraction of sp³-hybridized carbons (Fsp3) is 0.625. The molecular weight excluding hydrogens is 239 g/mol. The highest BCUT2D eigenvalue weighted by atomic mass is 19.1. The van der Waals surface area contributed by atoms with Gasteiger partial charge >= 0.3 is 0 Å². The van der Waals surface area contributed by atoms with Gasteiger partial charge in [0.1, 0.15) is 5.82 Å². The average Bonchev–Trinajstić information content (AvgIpc) is 3.20. The van der Waals surface area contributed by atoms with Gasteiger partial charge in [0.2, 0.25) is 0 Å². The van der Waals surface area contributed by atoms with Gasteiger partial charge in [-0.3, -0.25) is 0 Å². The highest BCUT2D eigenvalue weighted by molar-refractivity contribution is 5.19. The number of rotatable bonds is 7. The van der Waals surface area contributed by atoms with Crippen LogP contribution < -0.4 is 11.1 Å². The van der Waals surface area contributed by atoms with Gasteiger partial charge in [-0.1, -0.05) is 19.1 Å². The predicted octanol–water partition coefficient (Wildman–Crippen LogP) is 2.72. The zero-order chi connectivity index (χ0) is 13.9. The molecule has 2 unspecified atom stereocenters. The van der Waals surface area contributed by atoms with Gasteiger partial charge in [-0.2, -0.15) is 0 Å². The van der Waals surface area contributed by atoms with E-state index in [9.17, 15) is 4.39 Å². The first-order chi connectivity index (χ1) is 9.02. The Morgan fingerprint density at radius 2 is 2.21 bits per heavy atom. The quantitative estimate of drug-likeness (QED) is 0.794. The molecule has 0 aromatic heterocycles. The number of hydrogen-bond acceptors (Lipinski definition) is 2. The van der Waals surface area contributed by atoms with Crippen LogP contribution in [0.1, 0.15) is 32.3 Å². The number of hydrogen-bond donors (Lipinski definition) is 2. The maximum atomic E-state index is 13.2. The van der Waals surface area contributed by atoms with E-state index in [2.05, 4.69) is 19.2 Å². The molecule has 19 heavy (non-hydrogen) atoms. The van der Waals surface area contributed by atoms with E-state index in [1.807, 2.05) is 6.07 Å². The van der Waals surface area contributed by atoms with Gasteiger partial charge in [0.25, 0.3) is 0 Å². The van der Waals surface area contributed by atoms with Crippen LogP contribution in [0, 0.1) is 17.7 Å². The third kappa shape index (κ3) is 4.29. The van der Waals surface area contributed by atoms with E-state index < -0.39 is 0 Å². The van der Waals surface area contributed by atoms with Crippen molar-refractivity contribution in [1.82, 2.24) is 5.32 Å². The maximum absolute atomic E-state index is 13.2. The van der Waals surface area contributed by atoms with Crippen LogP contribution in [0.2, 0.25) is 0 Å². The van der Waals surface area contributed by atoms with Crippen molar-refractivity contribution in [2.24, 2.45) is 17.6 Å². The lowest BCUT2D eigenvalue weighted by Crippen LogP contribution is -2.51. The van der Waals surface area contributed by atoms with E-state index in [0.717, 1.165) is 24.4 Å². The predicted molar refractivity (Wildman–Crippen MR) is 77.5 cm³/mol. The molecule has 1 aromatic carbocycles. The number of benzene rings is 1. The van der Waals surface area contributed by atoms with Crippen LogP contribution in [-0.2, 0) is 6.42 Å². The summed E-state index contributed by atoms with van der Waals surface area (Å²) in [5, 5.41) is 3.59. The lowest BCUT2D eigenvalue weighted by Gasteiger charge is -2.31. The van der Waals surface area contributed by atoms with Crippen molar-refractivity contribution < 1.29 is 4.39 Å². The van der Waals surface area contributed by atoms with Gasteiger partial charge in [-0.15, -0.1) is 0 Å². The van der Waals surface area contributed by atoms with Crippen LogP contribution in [0.5, 0.6) is 0 Å². The van der Waals surface area contributed by atoms with E-state index in [0.29, 0.717) is 12.5 Å². The molecule has 0 saturated heterocycles. The monoisotopic (exact) mass is 264 g/mol. The molecule has 0 spiro atoms. The topological polar surface area (TPSA) is 38.0 Å². The largest absolute Gasteiger partial charge is 0.329 e. The number of nitrogens with one attached hydrogen (secondary N) is 1. The first-order valence-electron chi connectivity index (χ1n) is 7.22. The third-order valence-corrected chi connectivity index (χ3v) is 4.21. The second kappa shape index (κ2) is 6.02. The lowest BCUT2D eigenvalue weighted by molar-refractivity contribution is 0.322. The Morgan fingerprint density at radius 1 is 1.47 bits per heavy atom. The summed E-state index contributed by atoms with van der Waals surface area (Å²) in [4.78, 5) is 0. The zero-order valence-electron chi connectivity index (χ0n) is 12.0. The van der Waals surface area contributed by atoms with Crippen molar-refractivity contribution in [1.29, 1.82) is 0 Å². The fourth-order valence-electron chi connectivity index (χ4n) is 2.54. The van der Waals surface area contributed by atoms with E-state index in [1.165, 1.54) is 18.9 Å². The van der Waals surface area contributed by atoms with Crippen molar-refractivity contribution >= 4 is 0 Å². The maximum Gasteiger partial charge on any atom is 0.123 e. The summed E-state index contributed by atoms with van der Waals surface area (Å²) >= 11 is 0. The Hall–Kier alpha value is -0.930. The fourth-order valence-corrected chi connectivity index (χ4v) is 2.54. The Kier molecular flexibility index (Phi) is 4.58. The molecular formula is C16H25FN2. The Labute approximate surface area is 115 Å². The minimum atomic E-state index is -0.178. The highest BCUT2D eigenvalue weighted by Crippen LogP contribution is 2.36. The Bertz CT molecular complexity index is 417. The van der Waals surface area contributed by atoms with E-state index in [4.69, 9.17) is 5.73 Å². The minimum absolute atomic E-state index is 0.156. The van der Waals surface area contributed by atoms with Gasteiger partial charge in [0.15, 0.2) is 0 Å². The normalized spacial score (nSPS) is 20.0. The molecule has 2 nitrogen and oxygen atoms in total. The van der Waals surface area contributed by atoms with Crippen LogP contribution in [0.15, 0.2) is 24.3 Å². The minimum Gasteiger partial charge on any atom is -0.329 e. The smallest absolute Gasteiger partial charge is 0.123 e. The molecule has 1 aliphatic rings. The van der Waals surface area contributed by atoms with Crippen LogP contribution in [0.4, 0.5) is 4.39 Å². The van der Waals surface area contributed by atoms with Crippen LogP contribution in [-0.4, -0.2) is 18.6 Å². The first-order valence-corrected chi connectivity index (χ1v) is 7.22. The second-order valence-corrected chi connectivity index (χ2v) is 6.27. The zero-order valence-corrected chi connectivity index (χ0v) is 12.0. The van der Waals surface area contributed by atoms with E-state index in [-0.39, 0.29) is 11.4 Å². The third-order valence-electron chi connectivity index (χ3n) is 4.21. The molecule has 0 bridgehead atoms. The SMILES string of the molecule is CC(CNC(C)(CN)Cc1cccc(F)c1)C1CC1. The van der Waals surface area contributed by atoms with Crippen molar-refractivity contribution in [3.8, 4) is 0 Å². The average molecular weight is 264 g/mol. The molecule has 1 fully saturated rings. The molecule has 0 amide bonds. The molecule has 0 radical (unpaired) electrons. The number of nitrogens with two attached hydrogens (primary N) is 1. The van der Waals surface area contributed by atoms with Gasteiger partial charge in [0, 0.05) is 12.1 Å². The van der Waals surface area contributed by atoms with Crippen molar-refractivity contribution in [2.45, 2.75) is 38.6 Å². The summed E-state index contributed by atoms with van der Waals surface area (Å²) in [7, 11) is 0. The van der Waals surface area contributed by atoms with E-state index in [1.54, 1.807) is 12.1 Å². The molecule has 0 aliphatic heterocycles. The van der Waals surface area contributed by atoms with Gasteiger partial charge in [-0.25, -0.2) is 4.39 Å². The van der Waals surface area contributed by atoms with Crippen LogP contribution in [0.3, 0.4) is 0 Å². The first kappa shape index (κ1) is 14.5. The van der Waals surface area contributed by atoms with Crippen LogP contribution in [0.25, 0.3) is 0 Å². The molecule has 3 N–H and O–H groups in total. The second-order valence-electron chi connectivity index (χ2n) is 6.27. The molecule has 106 valence electrons. The summed E-state index contributed by atoms with van der Waals surface area (Å²) in [5.41, 5.74) is 6.76. The Morgan fingerprint density at radius 3 is 2.79 bits per heavy atom. The molecule has 1 aliphatic carbocycles. The van der Waals surface area contributed by atoms with Crippen molar-refractivity contribution in [2.75, 3.05) is 13.1 Å². The van der Waals surface area contributed by atoms with Crippen molar-refractivity contribution in [3.05, 3.63) is 35.6 Å². The summed E-state index contributed by atoms with van der Waals surface area (Å²) in [6, 6.07) is 6.79. The van der Waals surface area contributed by atoms with Gasteiger partial charge in [-0.05, 0) is 62.3 Å². The van der Waals surface area contributed by atoms with Crippen LogP contribution >= 0.6 is 0 Å². The molecule has 2 atom stereocenters. The summed E-state index contributed by atoms with van der Waals surface area (Å²) in [6.45, 7) is 5.97. The molecule has 1 aromatic rings. The van der Waals surface area contributed by atoms with Crippen molar-refractivity contribution in [3.63, 3.8) is 0 Å². The van der Waals surface area contributed by atoms with E-state index >= 15 is 0 Å². The highest BCUT2D eigenvalue weighted by Gasteiger charge is 2.30. The lowest BCUT2D eigenvalue weighted by atomic mass is 9.91. The van der Waals surface area contributed by atoms with Gasteiger partial charge < -0.3 is 11.1 Å². The summed E-state index contributed by atoms with van der Waals surface area (Å²) in [5.74, 6) is 1.42. The molecule has 0 heterocycles. The molecule has 2 rings (SSSR count). The Balaban J connectivity index is 1.92. The molecule has 1 saturated carbocycles. The standard InChI is InChI=1S/C16H25FN2/c1-12(14-6-7-14)10-19-16(2,11-18)9-13-4-3-5-15(17)8-13/h3-5,8,12,14,19H,6-7,9-11,18H2,1-2H3. The summed E-state index contributed by atoms with van der Waals surface area (Å²) in [6.07, 6.45) is 3.50. The summed E-state index contributed by atoms with van der Waals surface area (Å²) < 4.78 is 13.2.